The van der Waals surface area contributed by atoms with Crippen molar-refractivity contribution < 1.29 is 18.4 Å². The van der Waals surface area contributed by atoms with Gasteiger partial charge in [0, 0.05) is 17.7 Å². The van der Waals surface area contributed by atoms with Crippen LogP contribution in [0.5, 0.6) is 5.75 Å². The summed E-state index contributed by atoms with van der Waals surface area (Å²) >= 11 is 0. The van der Waals surface area contributed by atoms with Crippen LogP contribution < -0.4 is 10.6 Å². The number of rotatable bonds is 7. The first-order valence-electron chi connectivity index (χ1n) is 10.3. The van der Waals surface area contributed by atoms with Gasteiger partial charge in [0.2, 0.25) is 5.16 Å². The maximum Gasteiger partial charge on any atom is 0.219 e. The van der Waals surface area contributed by atoms with Gasteiger partial charge in [-0.1, -0.05) is 12.1 Å². The van der Waals surface area contributed by atoms with Crippen LogP contribution >= 0.6 is 0 Å². The van der Waals surface area contributed by atoms with Gasteiger partial charge in [0.05, 0.1) is 53.1 Å². The minimum atomic E-state index is -1.44. The number of nitrogens with two attached hydrogens (primary N) is 1. The quantitative estimate of drug-likeness (QED) is 0.559. The molecule has 166 valence electrons. The molecule has 1 aromatic carbocycles. The fourth-order valence-electron chi connectivity index (χ4n) is 3.46. The summed E-state index contributed by atoms with van der Waals surface area (Å²) < 4.78 is 31.8. The number of imidazole rings is 1. The van der Waals surface area contributed by atoms with E-state index in [9.17, 15) is 4.21 Å². The molecular formula is C22H28N4O4S. The van der Waals surface area contributed by atoms with Gasteiger partial charge in [-0.2, -0.15) is 0 Å². The largest absolute Gasteiger partial charge is 0.493 e. The smallest absolute Gasteiger partial charge is 0.219 e. The molecule has 0 bridgehead atoms. The Balaban J connectivity index is 1.39. The predicted octanol–water partition coefficient (Wildman–Crippen LogP) is 2.93. The molecule has 2 aromatic heterocycles. The van der Waals surface area contributed by atoms with E-state index < -0.39 is 16.6 Å². The fraction of sp³-hybridized carbons (Fsp3) is 0.455. The number of hydrogen-bond acceptors (Lipinski definition) is 7. The lowest BCUT2D eigenvalue weighted by atomic mass is 10.1. The Morgan fingerprint density at radius 1 is 1.26 bits per heavy atom. The Hall–Kier alpha value is -2.49. The molecule has 1 atom stereocenters. The first-order chi connectivity index (χ1) is 14.8. The van der Waals surface area contributed by atoms with Gasteiger partial charge in [-0.3, -0.25) is 9.19 Å². The summed E-state index contributed by atoms with van der Waals surface area (Å²) in [6.07, 6.45) is 2.51. The Morgan fingerprint density at radius 2 is 2.00 bits per heavy atom. The molecule has 1 fully saturated rings. The van der Waals surface area contributed by atoms with Crippen LogP contribution in [0.3, 0.4) is 0 Å². The third-order valence-electron chi connectivity index (χ3n) is 5.41. The zero-order chi connectivity index (χ0) is 22.0. The van der Waals surface area contributed by atoms with Gasteiger partial charge in [-0.05, 0) is 45.4 Å². The Bertz CT molecular complexity index is 1090. The van der Waals surface area contributed by atoms with Crippen molar-refractivity contribution in [3.8, 4) is 5.75 Å². The molecule has 31 heavy (non-hydrogen) atoms. The second kappa shape index (κ2) is 8.94. The van der Waals surface area contributed by atoms with E-state index >= 15 is 0 Å². The Kier molecular flexibility index (Phi) is 6.27. The second-order valence-corrected chi connectivity index (χ2v) is 9.49. The number of nitrogen functional groups attached to an aromatic ring is 1. The van der Waals surface area contributed by atoms with Crippen molar-refractivity contribution in [3.05, 3.63) is 47.8 Å². The molecule has 8 nitrogen and oxygen atoms in total. The number of hydrogen-bond donors (Lipinski definition) is 1. The van der Waals surface area contributed by atoms with Crippen LogP contribution in [0.1, 0.15) is 31.5 Å². The highest BCUT2D eigenvalue weighted by Crippen LogP contribution is 2.25. The van der Waals surface area contributed by atoms with Crippen LogP contribution in [-0.2, 0) is 26.0 Å². The average molecular weight is 445 g/mol. The monoisotopic (exact) mass is 444 g/mol. The number of para-hydroxylation sites is 2. The van der Waals surface area contributed by atoms with E-state index in [2.05, 4.69) is 9.97 Å². The number of nitrogens with zero attached hydrogens (tertiary/aromatic N) is 3. The summed E-state index contributed by atoms with van der Waals surface area (Å²) in [5.41, 5.74) is 3.03. The molecular weight excluding hydrogens is 416 g/mol. The van der Waals surface area contributed by atoms with E-state index in [1.54, 1.807) is 6.20 Å². The van der Waals surface area contributed by atoms with Crippen LogP contribution in [-0.4, -0.2) is 44.5 Å². The lowest BCUT2D eigenvalue weighted by molar-refractivity contribution is -0.263. The van der Waals surface area contributed by atoms with E-state index in [1.165, 1.54) is 4.68 Å². The van der Waals surface area contributed by atoms with Crippen LogP contribution in [0, 0.1) is 12.8 Å². The molecule has 1 aliphatic heterocycles. The van der Waals surface area contributed by atoms with Gasteiger partial charge < -0.3 is 20.1 Å². The van der Waals surface area contributed by atoms with Gasteiger partial charge >= 0.3 is 0 Å². The minimum Gasteiger partial charge on any atom is -0.493 e. The van der Waals surface area contributed by atoms with E-state index in [1.807, 2.05) is 51.1 Å². The second-order valence-electron chi connectivity index (χ2n) is 8.15. The molecule has 0 radical (unpaired) electrons. The van der Waals surface area contributed by atoms with E-state index in [0.29, 0.717) is 42.1 Å². The number of ether oxygens (including phenoxy) is 3. The molecule has 2 N–H and O–H groups in total. The number of fused-ring (bicyclic) bond motifs is 1. The Morgan fingerprint density at radius 3 is 2.74 bits per heavy atom. The molecule has 9 heteroatoms. The van der Waals surface area contributed by atoms with E-state index in [4.69, 9.17) is 20.1 Å². The van der Waals surface area contributed by atoms with Gasteiger partial charge in [0.15, 0.2) is 5.79 Å². The van der Waals surface area contributed by atoms with Gasteiger partial charge in [-0.15, -0.1) is 0 Å². The highest BCUT2D eigenvalue weighted by molar-refractivity contribution is 7.84. The molecule has 1 aliphatic rings. The summed E-state index contributed by atoms with van der Waals surface area (Å²) in [5.74, 6) is 6.86. The highest BCUT2D eigenvalue weighted by Gasteiger charge is 2.28. The van der Waals surface area contributed by atoms with Gasteiger partial charge in [0.1, 0.15) is 5.75 Å². The molecule has 3 aromatic rings. The molecule has 0 aliphatic carbocycles. The summed E-state index contributed by atoms with van der Waals surface area (Å²) in [4.78, 5) is 8.84. The van der Waals surface area contributed by atoms with Crippen molar-refractivity contribution in [3.63, 3.8) is 0 Å². The number of benzene rings is 1. The van der Waals surface area contributed by atoms with Crippen molar-refractivity contribution in [2.45, 2.75) is 43.9 Å². The van der Waals surface area contributed by atoms with Crippen LogP contribution in [0.2, 0.25) is 0 Å². The molecule has 1 unspecified atom stereocenters. The summed E-state index contributed by atoms with van der Waals surface area (Å²) in [6, 6.07) is 9.28. The maximum absolute atomic E-state index is 13.0. The highest BCUT2D eigenvalue weighted by atomic mass is 32.2. The first-order valence-corrected chi connectivity index (χ1v) is 11.6. The average Bonchev–Trinajstić information content (AvgIpc) is 3.09. The zero-order valence-corrected chi connectivity index (χ0v) is 18.9. The fourth-order valence-corrected chi connectivity index (χ4v) is 4.65. The summed E-state index contributed by atoms with van der Waals surface area (Å²) in [6.45, 7) is 7.64. The summed E-state index contributed by atoms with van der Waals surface area (Å²) in [5, 5.41) is 0.328. The molecule has 0 spiro atoms. The zero-order valence-electron chi connectivity index (χ0n) is 18.0. The van der Waals surface area contributed by atoms with Gasteiger partial charge in [-0.25, -0.2) is 9.66 Å². The molecule has 0 saturated carbocycles. The van der Waals surface area contributed by atoms with E-state index in [0.717, 1.165) is 23.3 Å². The standard InChI is InChI=1S/C22H28N4O4S/c1-15-18(14-31(27)21-25-17-6-4-5-7-19(17)26(21)23)24-10-8-20(15)28-11-9-16-12-29-22(2,3)30-13-16/h4-8,10,16H,9,11-14,23H2,1-3H3. The lowest BCUT2D eigenvalue weighted by Crippen LogP contribution is -2.39. The van der Waals surface area contributed by atoms with Crippen molar-refractivity contribution in [2.24, 2.45) is 5.92 Å². The lowest BCUT2D eigenvalue weighted by Gasteiger charge is -2.34. The van der Waals surface area contributed by atoms with Gasteiger partial charge in [0.25, 0.3) is 0 Å². The Labute approximate surface area is 184 Å². The topological polar surface area (TPSA) is 101 Å². The van der Waals surface area contributed by atoms with Crippen molar-refractivity contribution in [1.82, 2.24) is 14.6 Å². The first kappa shape index (κ1) is 21.7. The molecule has 4 rings (SSSR count). The van der Waals surface area contributed by atoms with Crippen molar-refractivity contribution >= 4 is 21.8 Å². The van der Waals surface area contributed by atoms with Crippen molar-refractivity contribution in [1.29, 1.82) is 0 Å². The molecule has 0 amide bonds. The van der Waals surface area contributed by atoms with Crippen LogP contribution in [0.4, 0.5) is 0 Å². The van der Waals surface area contributed by atoms with Crippen molar-refractivity contribution in [2.75, 3.05) is 25.7 Å². The maximum atomic E-state index is 13.0. The van der Waals surface area contributed by atoms with Crippen LogP contribution in [0.25, 0.3) is 11.0 Å². The third kappa shape index (κ3) is 4.89. The normalized spacial score (nSPS) is 17.6. The van der Waals surface area contributed by atoms with Crippen LogP contribution in [0.15, 0.2) is 41.7 Å². The molecule has 3 heterocycles. The summed E-state index contributed by atoms with van der Waals surface area (Å²) in [7, 11) is -1.44. The molecule has 1 saturated heterocycles. The number of pyridine rings is 1. The number of aromatic nitrogens is 3. The third-order valence-corrected chi connectivity index (χ3v) is 6.64. The predicted molar refractivity (Wildman–Crippen MR) is 119 cm³/mol. The SMILES string of the molecule is Cc1c(OCCC2COC(C)(C)OC2)ccnc1CS(=O)c1nc2ccccc2n1N. The van der Waals surface area contributed by atoms with E-state index in [-0.39, 0.29) is 5.75 Å². The minimum absolute atomic E-state index is 0.211.